The van der Waals surface area contributed by atoms with Crippen LogP contribution in [0.2, 0.25) is 0 Å². The van der Waals surface area contributed by atoms with E-state index in [0.717, 1.165) is 16.3 Å². The number of rotatable bonds is 8. The molecule has 2 aromatic heterocycles. The average molecular weight is 445 g/mol. The van der Waals surface area contributed by atoms with Gasteiger partial charge in [-0.3, -0.25) is 9.59 Å². The van der Waals surface area contributed by atoms with Gasteiger partial charge >= 0.3 is 0 Å². The monoisotopic (exact) mass is 444 g/mol. The fourth-order valence-corrected chi connectivity index (χ4v) is 4.42. The van der Waals surface area contributed by atoms with Crippen molar-refractivity contribution >= 4 is 45.7 Å². The lowest BCUT2D eigenvalue weighted by atomic mass is 10.3. The highest BCUT2D eigenvalue weighted by molar-refractivity contribution is 8.00. The van der Waals surface area contributed by atoms with E-state index in [1.165, 1.54) is 23.1 Å². The minimum atomic E-state index is -0.394. The first kappa shape index (κ1) is 22.0. The van der Waals surface area contributed by atoms with Crippen LogP contribution in [0, 0.1) is 13.8 Å². The molecule has 3 rings (SSSR count). The van der Waals surface area contributed by atoms with E-state index in [9.17, 15) is 9.59 Å². The Bertz CT molecular complexity index is 1010. The molecule has 0 fully saturated rings. The number of amides is 2. The van der Waals surface area contributed by atoms with E-state index in [2.05, 4.69) is 25.8 Å². The summed E-state index contributed by atoms with van der Waals surface area (Å²) in [6.45, 7) is 8.25. The third kappa shape index (κ3) is 5.45. The highest BCUT2D eigenvalue weighted by Gasteiger charge is 2.21. The zero-order valence-corrected chi connectivity index (χ0v) is 18.9. The molecule has 30 heavy (non-hydrogen) atoms. The van der Waals surface area contributed by atoms with Crippen molar-refractivity contribution in [3.05, 3.63) is 46.7 Å². The maximum absolute atomic E-state index is 12.5. The van der Waals surface area contributed by atoms with Crippen molar-refractivity contribution < 1.29 is 9.59 Å². The molecule has 0 saturated heterocycles. The predicted molar refractivity (Wildman–Crippen MR) is 120 cm³/mol. The van der Waals surface area contributed by atoms with Gasteiger partial charge in [0.25, 0.3) is 0 Å². The maximum Gasteiger partial charge on any atom is 0.239 e. The van der Waals surface area contributed by atoms with Crippen molar-refractivity contribution in [2.24, 2.45) is 0 Å². The molecule has 10 heteroatoms. The Labute approximate surface area is 183 Å². The number of anilines is 2. The standard InChI is InChI=1S/C20H24N6O2S2/c1-5-26-16(11-17(27)22-15-9-7-6-8-10-15)24-25-20(26)30-14(4)18(28)23-19-21-12(2)13(3)29-19/h6-10,14H,5,11H2,1-4H3,(H,22,27)(H,21,23,28)/t14-/m1/s1. The summed E-state index contributed by atoms with van der Waals surface area (Å²) in [5, 5.41) is 14.9. The van der Waals surface area contributed by atoms with Crippen LogP contribution in [0.1, 0.15) is 30.2 Å². The molecule has 1 atom stereocenters. The molecule has 0 radical (unpaired) electrons. The van der Waals surface area contributed by atoms with Crippen LogP contribution in [0.25, 0.3) is 0 Å². The highest BCUT2D eigenvalue weighted by Crippen LogP contribution is 2.26. The number of para-hydroxylation sites is 1. The van der Waals surface area contributed by atoms with E-state index >= 15 is 0 Å². The van der Waals surface area contributed by atoms with Gasteiger partial charge in [0.05, 0.1) is 17.4 Å². The Morgan fingerprint density at radius 2 is 1.90 bits per heavy atom. The molecule has 158 valence electrons. The molecule has 0 saturated carbocycles. The van der Waals surface area contributed by atoms with Crippen molar-refractivity contribution in [1.29, 1.82) is 0 Å². The molecule has 2 heterocycles. The SMILES string of the molecule is CCn1c(CC(=O)Nc2ccccc2)nnc1S[C@H](C)C(=O)Nc1nc(C)c(C)s1. The van der Waals surface area contributed by atoms with Crippen molar-refractivity contribution in [1.82, 2.24) is 19.7 Å². The van der Waals surface area contributed by atoms with Crippen molar-refractivity contribution in [3.63, 3.8) is 0 Å². The van der Waals surface area contributed by atoms with E-state index in [0.29, 0.717) is 22.7 Å². The number of nitrogens with one attached hydrogen (secondary N) is 2. The van der Waals surface area contributed by atoms with Gasteiger partial charge in [0.1, 0.15) is 5.82 Å². The van der Waals surface area contributed by atoms with Gasteiger partial charge in [-0.05, 0) is 39.8 Å². The summed E-state index contributed by atoms with van der Waals surface area (Å²) in [5.74, 6) is 0.245. The molecule has 2 N–H and O–H groups in total. The number of hydrogen-bond donors (Lipinski definition) is 2. The van der Waals surface area contributed by atoms with E-state index < -0.39 is 5.25 Å². The maximum atomic E-state index is 12.5. The number of thioether (sulfide) groups is 1. The minimum Gasteiger partial charge on any atom is -0.326 e. The molecule has 0 bridgehead atoms. The van der Waals surface area contributed by atoms with E-state index in [1.54, 1.807) is 0 Å². The van der Waals surface area contributed by atoms with Crippen molar-refractivity contribution in [2.45, 2.75) is 51.1 Å². The first-order chi connectivity index (χ1) is 14.4. The van der Waals surface area contributed by atoms with Crippen LogP contribution >= 0.6 is 23.1 Å². The number of thiazole rings is 1. The van der Waals surface area contributed by atoms with Gasteiger partial charge in [-0.15, -0.1) is 21.5 Å². The number of benzene rings is 1. The number of carbonyl (C=O) groups is 2. The van der Waals surface area contributed by atoms with Gasteiger partial charge in [-0.25, -0.2) is 4.98 Å². The largest absolute Gasteiger partial charge is 0.326 e. The predicted octanol–water partition coefficient (Wildman–Crippen LogP) is 3.67. The van der Waals surface area contributed by atoms with Crippen LogP contribution in [-0.4, -0.2) is 36.8 Å². The van der Waals surface area contributed by atoms with Crippen molar-refractivity contribution in [2.75, 3.05) is 10.6 Å². The molecule has 1 aromatic carbocycles. The topological polar surface area (TPSA) is 102 Å². The summed E-state index contributed by atoms with van der Waals surface area (Å²) in [6.07, 6.45) is 0.106. The zero-order valence-electron chi connectivity index (χ0n) is 17.3. The minimum absolute atomic E-state index is 0.106. The second kappa shape index (κ2) is 9.86. The number of nitrogens with zero attached hydrogens (tertiary/aromatic N) is 4. The summed E-state index contributed by atoms with van der Waals surface area (Å²) in [4.78, 5) is 30.3. The van der Waals surface area contributed by atoms with Crippen LogP contribution < -0.4 is 10.6 Å². The van der Waals surface area contributed by atoms with E-state index in [-0.39, 0.29) is 18.2 Å². The normalized spacial score (nSPS) is 11.9. The molecule has 0 aliphatic rings. The second-order valence-corrected chi connectivity index (χ2v) is 9.16. The first-order valence-electron chi connectivity index (χ1n) is 9.56. The summed E-state index contributed by atoms with van der Waals surface area (Å²) >= 11 is 2.76. The van der Waals surface area contributed by atoms with Crippen LogP contribution in [-0.2, 0) is 22.6 Å². The lowest BCUT2D eigenvalue weighted by Gasteiger charge is -2.11. The molecule has 0 unspecified atom stereocenters. The summed E-state index contributed by atoms with van der Waals surface area (Å²) in [7, 11) is 0. The molecule has 2 amide bonds. The molecular formula is C20H24N6O2S2. The Balaban J connectivity index is 1.62. The summed E-state index contributed by atoms with van der Waals surface area (Å²) < 4.78 is 1.86. The Hall–Kier alpha value is -2.72. The van der Waals surface area contributed by atoms with Crippen LogP contribution in [0.4, 0.5) is 10.8 Å². The molecule has 3 aromatic rings. The summed E-state index contributed by atoms with van der Waals surface area (Å²) in [5.41, 5.74) is 1.65. The Kier molecular flexibility index (Phi) is 7.22. The molecule has 0 spiro atoms. The number of hydrogen-bond acceptors (Lipinski definition) is 7. The van der Waals surface area contributed by atoms with Crippen LogP contribution in [0.5, 0.6) is 0 Å². The first-order valence-corrected chi connectivity index (χ1v) is 11.3. The number of aromatic nitrogens is 4. The van der Waals surface area contributed by atoms with Gasteiger partial charge < -0.3 is 15.2 Å². The van der Waals surface area contributed by atoms with Gasteiger partial charge in [0, 0.05) is 17.1 Å². The van der Waals surface area contributed by atoms with Crippen LogP contribution in [0.3, 0.4) is 0 Å². The van der Waals surface area contributed by atoms with Crippen molar-refractivity contribution in [3.8, 4) is 0 Å². The molecule has 8 nitrogen and oxygen atoms in total. The van der Waals surface area contributed by atoms with E-state index in [1.807, 2.05) is 62.6 Å². The quantitative estimate of drug-likeness (QED) is 0.514. The van der Waals surface area contributed by atoms with Gasteiger partial charge in [0.15, 0.2) is 10.3 Å². The van der Waals surface area contributed by atoms with Gasteiger partial charge in [0.2, 0.25) is 11.8 Å². The number of aryl methyl sites for hydroxylation is 2. The van der Waals surface area contributed by atoms with E-state index in [4.69, 9.17) is 0 Å². The highest BCUT2D eigenvalue weighted by atomic mass is 32.2. The molecule has 0 aliphatic heterocycles. The molecule has 0 aliphatic carbocycles. The van der Waals surface area contributed by atoms with Gasteiger partial charge in [-0.2, -0.15) is 0 Å². The Morgan fingerprint density at radius 3 is 2.53 bits per heavy atom. The zero-order chi connectivity index (χ0) is 21.7. The Morgan fingerprint density at radius 1 is 1.17 bits per heavy atom. The van der Waals surface area contributed by atoms with Crippen LogP contribution in [0.15, 0.2) is 35.5 Å². The number of carbonyl (C=O) groups excluding carboxylic acids is 2. The summed E-state index contributed by atoms with van der Waals surface area (Å²) in [6, 6.07) is 9.27. The lowest BCUT2D eigenvalue weighted by Crippen LogP contribution is -2.23. The fraction of sp³-hybridized carbons (Fsp3) is 0.350. The smallest absolute Gasteiger partial charge is 0.239 e. The third-order valence-electron chi connectivity index (χ3n) is 4.40. The second-order valence-electron chi connectivity index (χ2n) is 6.64. The molecular weight excluding hydrogens is 420 g/mol. The average Bonchev–Trinajstić information content (AvgIpc) is 3.23. The lowest BCUT2D eigenvalue weighted by molar-refractivity contribution is -0.116. The van der Waals surface area contributed by atoms with Gasteiger partial charge in [-0.1, -0.05) is 30.0 Å². The fourth-order valence-electron chi connectivity index (χ4n) is 2.67. The third-order valence-corrected chi connectivity index (χ3v) is 6.46.